The minimum Gasteiger partial charge on any atom is -0.347 e. The van der Waals surface area contributed by atoms with Gasteiger partial charge < -0.3 is 4.90 Å². The number of hydrogen-bond donors (Lipinski definition) is 0. The van der Waals surface area contributed by atoms with Crippen molar-refractivity contribution in [3.05, 3.63) is 71.9 Å². The molecule has 0 N–H and O–H groups in total. The molecule has 0 aromatic heterocycles. The molecule has 1 aliphatic rings. The van der Waals surface area contributed by atoms with Crippen LogP contribution in [0.3, 0.4) is 0 Å². The van der Waals surface area contributed by atoms with Crippen LogP contribution in [0.15, 0.2) is 71.4 Å². The second kappa shape index (κ2) is 5.21. The number of anilines is 1. The van der Waals surface area contributed by atoms with E-state index in [1.165, 1.54) is 16.9 Å². The van der Waals surface area contributed by atoms with Gasteiger partial charge >= 0.3 is 0 Å². The number of fused-ring (bicyclic) bond motifs is 1. The fourth-order valence-electron chi connectivity index (χ4n) is 3.01. The van der Waals surface area contributed by atoms with E-state index in [1.807, 2.05) is 36.5 Å². The van der Waals surface area contributed by atoms with Gasteiger partial charge in [-0.1, -0.05) is 50.2 Å². The van der Waals surface area contributed by atoms with Crippen LogP contribution in [0.4, 0.5) is 11.4 Å². The third-order valence-corrected chi connectivity index (χ3v) is 4.15. The van der Waals surface area contributed by atoms with Gasteiger partial charge in [-0.15, -0.1) is 0 Å². The molecule has 0 saturated carbocycles. The smallest absolute Gasteiger partial charge is 0.0629 e. The Hall–Kier alpha value is -2.35. The molecule has 0 saturated heterocycles. The Bertz CT molecular complexity index is 697. The average Bonchev–Trinajstić information content (AvgIpc) is 2.70. The van der Waals surface area contributed by atoms with Gasteiger partial charge in [-0.25, -0.2) is 0 Å². The lowest BCUT2D eigenvalue weighted by atomic mass is 9.84. The van der Waals surface area contributed by atoms with E-state index in [9.17, 15) is 0 Å². The maximum absolute atomic E-state index is 4.50. The zero-order valence-electron chi connectivity index (χ0n) is 12.7. The number of para-hydroxylation sites is 2. The van der Waals surface area contributed by atoms with E-state index >= 15 is 0 Å². The van der Waals surface area contributed by atoms with Crippen LogP contribution in [0.1, 0.15) is 19.4 Å². The summed E-state index contributed by atoms with van der Waals surface area (Å²) in [5.41, 5.74) is 4.90. The number of hydrogen-bond acceptors (Lipinski definition) is 2. The van der Waals surface area contributed by atoms with Crippen molar-refractivity contribution in [2.24, 2.45) is 4.99 Å². The zero-order valence-corrected chi connectivity index (χ0v) is 12.7. The molecule has 2 heteroatoms. The summed E-state index contributed by atoms with van der Waals surface area (Å²) in [5, 5.41) is 0. The van der Waals surface area contributed by atoms with Crippen LogP contribution in [0.25, 0.3) is 0 Å². The highest BCUT2D eigenvalue weighted by Gasteiger charge is 2.37. The lowest BCUT2D eigenvalue weighted by Crippen LogP contribution is -2.22. The summed E-state index contributed by atoms with van der Waals surface area (Å²) in [4.78, 5) is 6.76. The van der Waals surface area contributed by atoms with Gasteiger partial charge in [0.2, 0.25) is 0 Å². The van der Waals surface area contributed by atoms with Crippen molar-refractivity contribution in [2.45, 2.75) is 19.3 Å². The number of rotatable bonds is 2. The molecule has 2 aromatic rings. The Kier molecular flexibility index (Phi) is 3.38. The van der Waals surface area contributed by atoms with Crippen molar-refractivity contribution >= 4 is 17.6 Å². The standard InChI is InChI=1S/C19H20N2/c1-19(2)16-11-7-8-12-17(16)21(3)18(19)13-14-20-15-9-5-4-6-10-15/h4-14H,1-3H3. The highest BCUT2D eigenvalue weighted by atomic mass is 15.2. The van der Waals surface area contributed by atoms with E-state index in [2.05, 4.69) is 61.1 Å². The van der Waals surface area contributed by atoms with Crippen LogP contribution in [0.5, 0.6) is 0 Å². The quantitative estimate of drug-likeness (QED) is 0.726. The summed E-state index contributed by atoms with van der Waals surface area (Å²) >= 11 is 0. The number of allylic oxidation sites excluding steroid dienone is 2. The number of likely N-dealkylation sites (N-methyl/N-ethyl adjacent to an activating group) is 1. The first-order valence-corrected chi connectivity index (χ1v) is 7.24. The minimum absolute atomic E-state index is 0.00799. The summed E-state index contributed by atoms with van der Waals surface area (Å²) in [6.07, 6.45) is 4.02. The molecule has 0 unspecified atom stereocenters. The Morgan fingerprint density at radius 1 is 0.952 bits per heavy atom. The summed E-state index contributed by atoms with van der Waals surface area (Å²) in [6, 6.07) is 18.6. The molecule has 0 bridgehead atoms. The van der Waals surface area contributed by atoms with E-state index in [4.69, 9.17) is 0 Å². The monoisotopic (exact) mass is 276 g/mol. The second-order valence-corrected chi connectivity index (χ2v) is 5.87. The van der Waals surface area contributed by atoms with Crippen LogP contribution in [-0.2, 0) is 5.41 Å². The summed E-state index contributed by atoms with van der Waals surface area (Å²) in [6.45, 7) is 4.52. The van der Waals surface area contributed by atoms with Crippen molar-refractivity contribution in [2.75, 3.05) is 11.9 Å². The topological polar surface area (TPSA) is 15.6 Å². The first-order chi connectivity index (χ1) is 10.1. The minimum atomic E-state index is 0.00799. The van der Waals surface area contributed by atoms with Gasteiger partial charge in [-0.05, 0) is 29.8 Å². The fourth-order valence-corrected chi connectivity index (χ4v) is 3.01. The normalized spacial score (nSPS) is 18.4. The SMILES string of the molecule is CN1C(=CC=Nc2ccccc2)C(C)(C)c2ccccc21. The lowest BCUT2D eigenvalue weighted by Gasteiger charge is -2.23. The molecule has 2 aromatic carbocycles. The first kappa shape index (κ1) is 13.6. The largest absolute Gasteiger partial charge is 0.347 e. The molecule has 0 fully saturated rings. The molecule has 106 valence electrons. The predicted molar refractivity (Wildman–Crippen MR) is 90.5 cm³/mol. The van der Waals surface area contributed by atoms with Crippen molar-refractivity contribution in [3.8, 4) is 0 Å². The molecule has 0 amide bonds. The van der Waals surface area contributed by atoms with Gasteiger partial charge in [0, 0.05) is 30.1 Å². The van der Waals surface area contributed by atoms with Crippen LogP contribution in [-0.4, -0.2) is 13.3 Å². The van der Waals surface area contributed by atoms with Crippen LogP contribution < -0.4 is 4.90 Å². The van der Waals surface area contributed by atoms with Crippen LogP contribution in [0.2, 0.25) is 0 Å². The van der Waals surface area contributed by atoms with Gasteiger partial charge in [-0.3, -0.25) is 4.99 Å². The molecule has 3 rings (SSSR count). The lowest BCUT2D eigenvalue weighted by molar-refractivity contribution is 0.641. The van der Waals surface area contributed by atoms with E-state index in [0.717, 1.165) is 5.69 Å². The fraction of sp³-hybridized carbons (Fsp3) is 0.211. The van der Waals surface area contributed by atoms with Crippen molar-refractivity contribution < 1.29 is 0 Å². The maximum Gasteiger partial charge on any atom is 0.0629 e. The first-order valence-electron chi connectivity index (χ1n) is 7.24. The third-order valence-electron chi connectivity index (χ3n) is 4.15. The van der Waals surface area contributed by atoms with Crippen molar-refractivity contribution in [1.29, 1.82) is 0 Å². The summed E-state index contributed by atoms with van der Waals surface area (Å²) in [5.74, 6) is 0. The van der Waals surface area contributed by atoms with Gasteiger partial charge in [0.05, 0.1) is 5.69 Å². The maximum atomic E-state index is 4.50. The van der Waals surface area contributed by atoms with Crippen molar-refractivity contribution in [1.82, 2.24) is 0 Å². The average molecular weight is 276 g/mol. The highest BCUT2D eigenvalue weighted by molar-refractivity contribution is 5.80. The van der Waals surface area contributed by atoms with Crippen LogP contribution >= 0.6 is 0 Å². The Labute approximate surface area is 126 Å². The molecule has 1 aliphatic heterocycles. The molecule has 0 spiro atoms. The molecule has 1 heterocycles. The second-order valence-electron chi connectivity index (χ2n) is 5.87. The molecular weight excluding hydrogens is 256 g/mol. The number of aliphatic imine (C=N–C) groups is 1. The zero-order chi connectivity index (χ0) is 14.9. The Balaban J connectivity index is 1.93. The molecule has 0 aliphatic carbocycles. The van der Waals surface area contributed by atoms with Gasteiger partial charge in [0.25, 0.3) is 0 Å². The van der Waals surface area contributed by atoms with Gasteiger partial charge in [-0.2, -0.15) is 0 Å². The predicted octanol–water partition coefficient (Wildman–Crippen LogP) is 4.70. The number of nitrogens with zero attached hydrogens (tertiary/aromatic N) is 2. The Morgan fingerprint density at radius 2 is 1.62 bits per heavy atom. The van der Waals surface area contributed by atoms with Crippen molar-refractivity contribution in [3.63, 3.8) is 0 Å². The van der Waals surface area contributed by atoms with Crippen LogP contribution in [0, 0.1) is 0 Å². The highest BCUT2D eigenvalue weighted by Crippen LogP contribution is 2.46. The van der Waals surface area contributed by atoms with E-state index < -0.39 is 0 Å². The molecule has 2 nitrogen and oxygen atoms in total. The molecule has 0 radical (unpaired) electrons. The van der Waals surface area contributed by atoms with E-state index in [1.54, 1.807) is 0 Å². The van der Waals surface area contributed by atoms with Gasteiger partial charge in [0.1, 0.15) is 0 Å². The summed E-state index contributed by atoms with van der Waals surface area (Å²) < 4.78 is 0. The van der Waals surface area contributed by atoms with E-state index in [-0.39, 0.29) is 5.41 Å². The Morgan fingerprint density at radius 3 is 2.33 bits per heavy atom. The number of benzene rings is 2. The van der Waals surface area contributed by atoms with E-state index in [0.29, 0.717) is 0 Å². The van der Waals surface area contributed by atoms with Gasteiger partial charge in [0.15, 0.2) is 0 Å². The third kappa shape index (κ3) is 2.38. The molecular formula is C19H20N2. The summed E-state index contributed by atoms with van der Waals surface area (Å²) in [7, 11) is 2.12. The molecule has 0 atom stereocenters. The molecule has 21 heavy (non-hydrogen) atoms.